The quantitative estimate of drug-likeness (QED) is 0.475. The molecule has 3 aromatic rings. The Hall–Kier alpha value is -3.30. The molecule has 26 heavy (non-hydrogen) atoms. The van der Waals surface area contributed by atoms with Gasteiger partial charge in [0.1, 0.15) is 5.76 Å². The molecule has 3 heterocycles. The van der Waals surface area contributed by atoms with E-state index in [2.05, 4.69) is 19.7 Å². The lowest BCUT2D eigenvalue weighted by molar-refractivity contribution is 0.0563. The summed E-state index contributed by atoms with van der Waals surface area (Å²) in [6.07, 6.45) is 1.83. The summed E-state index contributed by atoms with van der Waals surface area (Å²) in [4.78, 5) is 23.8. The molecule has 0 aromatic carbocycles. The van der Waals surface area contributed by atoms with Crippen LogP contribution in [0.25, 0.3) is 11.2 Å². The number of carbonyl (C=O) groups is 1. The first-order valence-electron chi connectivity index (χ1n) is 8.06. The van der Waals surface area contributed by atoms with E-state index >= 15 is 0 Å². The van der Waals surface area contributed by atoms with E-state index < -0.39 is 5.97 Å². The standard InChI is InChI=1S/C16H19N5O5/c1-3-4-7-25-15-19-12(17)11-13(20-15)21(16(23)18-11)8-9-5-6-10(26-9)14(22)24-2/h5-6H,3-4,7-8H2,1-2H3,(H,18,23)(H2,17,19,20). The van der Waals surface area contributed by atoms with E-state index in [1.807, 2.05) is 6.92 Å². The molecule has 0 saturated carbocycles. The summed E-state index contributed by atoms with van der Waals surface area (Å²) in [5, 5.41) is 10.1. The predicted octanol–water partition coefficient (Wildman–Crippen LogP) is 1.72. The number of carbonyl (C=O) groups excluding carboxylic acids is 1. The first kappa shape index (κ1) is 17.5. The molecule has 0 amide bonds. The second-order valence-electron chi connectivity index (χ2n) is 5.52. The molecule has 0 fully saturated rings. The fourth-order valence-electron chi connectivity index (χ4n) is 2.34. The number of unbranched alkanes of at least 4 members (excludes halogenated alkanes) is 1. The van der Waals surface area contributed by atoms with Gasteiger partial charge in [-0.25, -0.2) is 4.79 Å². The molecule has 0 atom stereocenters. The Morgan fingerprint density at radius 2 is 2.15 bits per heavy atom. The third-order valence-corrected chi connectivity index (χ3v) is 3.67. The Morgan fingerprint density at radius 1 is 1.35 bits per heavy atom. The maximum absolute atomic E-state index is 11.5. The number of fused-ring (bicyclic) bond motifs is 1. The van der Waals surface area contributed by atoms with Crippen LogP contribution in [-0.2, 0) is 11.3 Å². The Bertz CT molecular complexity index is 933. The van der Waals surface area contributed by atoms with Crippen molar-refractivity contribution >= 4 is 23.0 Å². The number of hydrogen-bond donors (Lipinski definition) is 2. The van der Waals surface area contributed by atoms with Gasteiger partial charge < -0.3 is 24.7 Å². The van der Waals surface area contributed by atoms with Crippen molar-refractivity contribution in [3.8, 4) is 12.0 Å². The lowest BCUT2D eigenvalue weighted by atomic mass is 10.4. The van der Waals surface area contributed by atoms with Gasteiger partial charge in [-0.15, -0.1) is 0 Å². The third kappa shape index (κ3) is 3.39. The van der Waals surface area contributed by atoms with Gasteiger partial charge in [0.25, 0.3) is 6.01 Å². The minimum absolute atomic E-state index is 0.0594. The third-order valence-electron chi connectivity index (χ3n) is 3.67. The highest BCUT2D eigenvalue weighted by atomic mass is 16.5. The Labute approximate surface area is 148 Å². The lowest BCUT2D eigenvalue weighted by Crippen LogP contribution is -2.06. The molecule has 3 N–H and O–H groups in total. The molecule has 0 aliphatic rings. The van der Waals surface area contributed by atoms with E-state index in [1.165, 1.54) is 17.7 Å². The second kappa shape index (κ2) is 7.30. The molecule has 0 bridgehead atoms. The number of esters is 1. The molecule has 10 heteroatoms. The summed E-state index contributed by atoms with van der Waals surface area (Å²) in [5.74, 6) is -0.0193. The number of aromatic hydroxyl groups is 1. The van der Waals surface area contributed by atoms with Crippen molar-refractivity contribution < 1.29 is 23.8 Å². The number of methoxy groups -OCH3 is 1. The van der Waals surface area contributed by atoms with Crippen LogP contribution < -0.4 is 10.5 Å². The summed E-state index contributed by atoms with van der Waals surface area (Å²) >= 11 is 0. The molecular formula is C16H19N5O5. The van der Waals surface area contributed by atoms with Crippen molar-refractivity contribution in [2.75, 3.05) is 19.5 Å². The molecular weight excluding hydrogens is 342 g/mol. The van der Waals surface area contributed by atoms with Crippen LogP contribution in [0.5, 0.6) is 12.0 Å². The molecule has 0 spiro atoms. The van der Waals surface area contributed by atoms with Gasteiger partial charge in [0.2, 0.25) is 5.76 Å². The predicted molar refractivity (Wildman–Crippen MR) is 91.0 cm³/mol. The monoisotopic (exact) mass is 361 g/mol. The number of hydrogen-bond acceptors (Lipinski definition) is 9. The van der Waals surface area contributed by atoms with Crippen molar-refractivity contribution in [2.45, 2.75) is 26.3 Å². The van der Waals surface area contributed by atoms with Crippen LogP contribution >= 0.6 is 0 Å². The Balaban J connectivity index is 1.93. The summed E-state index contributed by atoms with van der Waals surface area (Å²) in [6.45, 7) is 2.59. The zero-order valence-corrected chi connectivity index (χ0v) is 14.4. The molecule has 3 aromatic heterocycles. The van der Waals surface area contributed by atoms with Gasteiger partial charge in [-0.1, -0.05) is 13.3 Å². The van der Waals surface area contributed by atoms with Gasteiger partial charge >= 0.3 is 12.0 Å². The normalized spacial score (nSPS) is 11.0. The van der Waals surface area contributed by atoms with Crippen molar-refractivity contribution in [1.29, 1.82) is 0 Å². The number of nitrogens with zero attached hydrogens (tertiary/aromatic N) is 4. The van der Waals surface area contributed by atoms with Gasteiger partial charge in [-0.05, 0) is 18.6 Å². The molecule has 10 nitrogen and oxygen atoms in total. The van der Waals surface area contributed by atoms with Crippen molar-refractivity contribution in [3.05, 3.63) is 23.7 Å². The van der Waals surface area contributed by atoms with Crippen molar-refractivity contribution in [2.24, 2.45) is 0 Å². The maximum atomic E-state index is 11.5. The summed E-state index contributed by atoms with van der Waals surface area (Å²) < 4.78 is 16.9. The largest absolute Gasteiger partial charge is 0.480 e. The topological polar surface area (TPSA) is 139 Å². The minimum atomic E-state index is -0.589. The SMILES string of the molecule is CCCCOc1nc(N)c2nc(O)n(Cc3ccc(C(=O)OC)o3)c2n1. The smallest absolute Gasteiger partial charge is 0.373 e. The van der Waals surface area contributed by atoms with Crippen molar-refractivity contribution in [3.63, 3.8) is 0 Å². The number of rotatable bonds is 7. The molecule has 0 radical (unpaired) electrons. The zero-order chi connectivity index (χ0) is 18.7. The molecule has 0 unspecified atom stereocenters. The average molecular weight is 361 g/mol. The van der Waals surface area contributed by atoms with Gasteiger partial charge in [0.15, 0.2) is 17.0 Å². The van der Waals surface area contributed by atoms with Crippen LogP contribution in [0.3, 0.4) is 0 Å². The summed E-state index contributed by atoms with van der Waals surface area (Å²) in [6, 6.07) is 2.89. The molecule has 3 rings (SSSR count). The number of anilines is 1. The van der Waals surface area contributed by atoms with Crippen LogP contribution in [0.2, 0.25) is 0 Å². The Kier molecular flexibility index (Phi) is 4.92. The highest BCUT2D eigenvalue weighted by Gasteiger charge is 2.19. The highest BCUT2D eigenvalue weighted by Crippen LogP contribution is 2.26. The van der Waals surface area contributed by atoms with Crippen molar-refractivity contribution in [1.82, 2.24) is 19.5 Å². The lowest BCUT2D eigenvalue weighted by Gasteiger charge is -2.06. The van der Waals surface area contributed by atoms with Gasteiger partial charge in [0, 0.05) is 0 Å². The van der Waals surface area contributed by atoms with Crippen LogP contribution in [0.15, 0.2) is 16.5 Å². The van der Waals surface area contributed by atoms with E-state index in [-0.39, 0.29) is 35.7 Å². The number of imidazole rings is 1. The number of nitrogen functional groups attached to an aromatic ring is 1. The molecule has 0 saturated heterocycles. The maximum Gasteiger partial charge on any atom is 0.373 e. The van der Waals surface area contributed by atoms with Crippen LogP contribution in [0.1, 0.15) is 36.1 Å². The number of aromatic nitrogens is 4. The number of nitrogens with two attached hydrogens (primary N) is 1. The van der Waals surface area contributed by atoms with E-state index in [1.54, 1.807) is 6.07 Å². The highest BCUT2D eigenvalue weighted by molar-refractivity contribution is 5.86. The number of ether oxygens (including phenoxy) is 2. The van der Waals surface area contributed by atoms with Crippen LogP contribution in [-0.4, -0.2) is 44.3 Å². The Morgan fingerprint density at radius 3 is 2.88 bits per heavy atom. The minimum Gasteiger partial charge on any atom is -0.480 e. The van der Waals surface area contributed by atoms with Gasteiger partial charge in [0.05, 0.1) is 20.3 Å². The summed E-state index contributed by atoms with van der Waals surface area (Å²) in [5.41, 5.74) is 6.45. The molecule has 0 aliphatic carbocycles. The van der Waals surface area contributed by atoms with E-state index in [9.17, 15) is 9.90 Å². The fraction of sp³-hybridized carbons (Fsp3) is 0.375. The molecule has 0 aliphatic heterocycles. The van der Waals surface area contributed by atoms with Crippen LogP contribution in [0, 0.1) is 0 Å². The van der Waals surface area contributed by atoms with E-state index in [0.29, 0.717) is 18.0 Å². The first-order chi connectivity index (χ1) is 12.5. The first-order valence-corrected chi connectivity index (χ1v) is 8.06. The zero-order valence-electron chi connectivity index (χ0n) is 14.4. The van der Waals surface area contributed by atoms with Crippen LogP contribution in [0.4, 0.5) is 5.82 Å². The fourth-order valence-corrected chi connectivity index (χ4v) is 2.34. The number of furan rings is 1. The van der Waals surface area contributed by atoms with Gasteiger partial charge in [-0.3, -0.25) is 4.57 Å². The molecule has 138 valence electrons. The van der Waals surface area contributed by atoms with Gasteiger partial charge in [-0.2, -0.15) is 15.0 Å². The summed E-state index contributed by atoms with van der Waals surface area (Å²) in [7, 11) is 1.26. The second-order valence-corrected chi connectivity index (χ2v) is 5.52. The van der Waals surface area contributed by atoms with E-state index in [4.69, 9.17) is 14.9 Å². The van der Waals surface area contributed by atoms with E-state index in [0.717, 1.165) is 12.8 Å². The average Bonchev–Trinajstić information content (AvgIpc) is 3.21.